The van der Waals surface area contributed by atoms with Gasteiger partial charge in [-0.2, -0.15) is 13.2 Å². The molecule has 0 amide bonds. The second-order valence-electron chi connectivity index (χ2n) is 6.09. The van der Waals surface area contributed by atoms with E-state index in [1.165, 1.54) is 0 Å². The van der Waals surface area contributed by atoms with Crippen LogP contribution in [0.15, 0.2) is 0 Å². The number of hydrogen-bond acceptors (Lipinski definition) is 1. The SMILES string of the molecule is CC1(C)C(C(N)CCCC(F)(F)F)C1(C)C. The Hall–Kier alpha value is -0.250. The zero-order chi connectivity index (χ0) is 12.8. The zero-order valence-corrected chi connectivity index (χ0v) is 10.5. The molecule has 1 fully saturated rings. The first kappa shape index (κ1) is 13.8. The van der Waals surface area contributed by atoms with Crippen LogP contribution in [-0.2, 0) is 0 Å². The van der Waals surface area contributed by atoms with E-state index in [1.807, 2.05) is 0 Å². The molecular weight excluding hydrogens is 215 g/mol. The fraction of sp³-hybridized carbons (Fsp3) is 1.00. The highest BCUT2D eigenvalue weighted by molar-refractivity contribution is 5.15. The molecule has 0 radical (unpaired) electrons. The smallest absolute Gasteiger partial charge is 0.327 e. The monoisotopic (exact) mass is 237 g/mol. The Morgan fingerprint density at radius 2 is 1.56 bits per heavy atom. The van der Waals surface area contributed by atoms with E-state index in [1.54, 1.807) is 0 Å². The minimum absolute atomic E-state index is 0.104. The standard InChI is InChI=1S/C12H22F3N/c1-10(2)9(11(10,3)4)8(16)6-5-7-12(13,14)15/h8-9H,5-7,16H2,1-4H3. The summed E-state index contributed by atoms with van der Waals surface area (Å²) in [7, 11) is 0. The molecule has 0 spiro atoms. The van der Waals surface area contributed by atoms with Gasteiger partial charge in [-0.3, -0.25) is 0 Å². The molecule has 1 nitrogen and oxygen atoms in total. The molecule has 4 heteroatoms. The third-order valence-electron chi connectivity index (χ3n) is 4.56. The van der Waals surface area contributed by atoms with E-state index in [4.69, 9.17) is 5.73 Å². The van der Waals surface area contributed by atoms with E-state index < -0.39 is 12.6 Å². The highest BCUT2D eigenvalue weighted by atomic mass is 19.4. The maximum absolute atomic E-state index is 12.0. The molecule has 1 atom stereocenters. The highest BCUT2D eigenvalue weighted by Crippen LogP contribution is 2.69. The Morgan fingerprint density at radius 3 is 1.88 bits per heavy atom. The molecule has 0 heterocycles. The third-order valence-corrected chi connectivity index (χ3v) is 4.56. The molecule has 0 aromatic carbocycles. The molecule has 16 heavy (non-hydrogen) atoms. The van der Waals surface area contributed by atoms with Gasteiger partial charge in [-0.05, 0) is 29.6 Å². The minimum atomic E-state index is -4.05. The predicted molar refractivity (Wildman–Crippen MR) is 58.9 cm³/mol. The van der Waals surface area contributed by atoms with Gasteiger partial charge in [0.1, 0.15) is 0 Å². The Bertz CT molecular complexity index is 241. The van der Waals surface area contributed by atoms with Crippen LogP contribution in [0.25, 0.3) is 0 Å². The summed E-state index contributed by atoms with van der Waals surface area (Å²) in [4.78, 5) is 0. The number of hydrogen-bond donors (Lipinski definition) is 1. The first-order valence-electron chi connectivity index (χ1n) is 5.82. The molecule has 0 aliphatic heterocycles. The first-order chi connectivity index (χ1) is 7.00. The van der Waals surface area contributed by atoms with Gasteiger partial charge in [0.2, 0.25) is 0 Å². The lowest BCUT2D eigenvalue weighted by atomic mass is 10.00. The van der Waals surface area contributed by atoms with Gasteiger partial charge in [0, 0.05) is 12.5 Å². The summed E-state index contributed by atoms with van der Waals surface area (Å²) in [5.41, 5.74) is 6.31. The first-order valence-corrected chi connectivity index (χ1v) is 5.82. The number of rotatable bonds is 4. The molecular formula is C12H22F3N. The average molecular weight is 237 g/mol. The number of halogens is 3. The fourth-order valence-corrected chi connectivity index (χ4v) is 3.02. The van der Waals surface area contributed by atoms with E-state index >= 15 is 0 Å². The second-order valence-corrected chi connectivity index (χ2v) is 6.09. The number of nitrogens with two attached hydrogens (primary N) is 1. The molecule has 1 rings (SSSR count). The van der Waals surface area contributed by atoms with Gasteiger partial charge in [0.05, 0.1) is 0 Å². The van der Waals surface area contributed by atoms with Crippen LogP contribution < -0.4 is 5.73 Å². The van der Waals surface area contributed by atoms with Crippen molar-refractivity contribution in [2.24, 2.45) is 22.5 Å². The highest BCUT2D eigenvalue weighted by Gasteiger charge is 2.66. The van der Waals surface area contributed by atoms with E-state index in [0.29, 0.717) is 12.3 Å². The van der Waals surface area contributed by atoms with Gasteiger partial charge in [0.15, 0.2) is 0 Å². The normalized spacial score (nSPS) is 25.5. The molecule has 96 valence electrons. The van der Waals surface area contributed by atoms with Crippen LogP contribution in [0.1, 0.15) is 47.0 Å². The fourth-order valence-electron chi connectivity index (χ4n) is 3.02. The summed E-state index contributed by atoms with van der Waals surface area (Å²) in [6.07, 6.45) is -4.15. The molecule has 0 aromatic heterocycles. The maximum Gasteiger partial charge on any atom is 0.389 e. The van der Waals surface area contributed by atoms with E-state index in [9.17, 15) is 13.2 Å². The van der Waals surface area contributed by atoms with Crippen LogP contribution in [0.2, 0.25) is 0 Å². The van der Waals surface area contributed by atoms with Crippen molar-refractivity contribution in [2.45, 2.75) is 59.2 Å². The van der Waals surface area contributed by atoms with Crippen molar-refractivity contribution in [3.05, 3.63) is 0 Å². The quantitative estimate of drug-likeness (QED) is 0.792. The lowest BCUT2D eigenvalue weighted by molar-refractivity contribution is -0.135. The molecule has 1 aliphatic rings. The van der Waals surface area contributed by atoms with Crippen molar-refractivity contribution in [3.8, 4) is 0 Å². The van der Waals surface area contributed by atoms with Crippen molar-refractivity contribution in [2.75, 3.05) is 0 Å². The molecule has 1 unspecified atom stereocenters. The van der Waals surface area contributed by atoms with Gasteiger partial charge in [-0.15, -0.1) is 0 Å². The zero-order valence-electron chi connectivity index (χ0n) is 10.5. The Kier molecular flexibility index (Phi) is 3.36. The van der Waals surface area contributed by atoms with Crippen molar-refractivity contribution in [3.63, 3.8) is 0 Å². The van der Waals surface area contributed by atoms with E-state index in [2.05, 4.69) is 27.7 Å². The van der Waals surface area contributed by atoms with Crippen LogP contribution in [0.5, 0.6) is 0 Å². The maximum atomic E-state index is 12.0. The molecule has 0 aromatic rings. The summed E-state index contributed by atoms with van der Waals surface area (Å²) in [6, 6.07) is -0.104. The average Bonchev–Trinajstić information content (AvgIpc) is 2.39. The van der Waals surface area contributed by atoms with Gasteiger partial charge >= 0.3 is 6.18 Å². The Morgan fingerprint density at radius 1 is 1.12 bits per heavy atom. The van der Waals surface area contributed by atoms with Crippen molar-refractivity contribution in [1.29, 1.82) is 0 Å². The van der Waals surface area contributed by atoms with Crippen molar-refractivity contribution < 1.29 is 13.2 Å². The Balaban J connectivity index is 2.36. The van der Waals surface area contributed by atoms with Gasteiger partial charge in [-0.25, -0.2) is 0 Å². The van der Waals surface area contributed by atoms with Gasteiger partial charge in [0.25, 0.3) is 0 Å². The third kappa shape index (κ3) is 2.53. The topological polar surface area (TPSA) is 26.0 Å². The van der Waals surface area contributed by atoms with Gasteiger partial charge < -0.3 is 5.73 Å². The summed E-state index contributed by atoms with van der Waals surface area (Å²) in [6.45, 7) is 8.56. The van der Waals surface area contributed by atoms with Crippen LogP contribution in [0, 0.1) is 16.7 Å². The second kappa shape index (κ2) is 3.90. The van der Waals surface area contributed by atoms with Crippen LogP contribution >= 0.6 is 0 Å². The van der Waals surface area contributed by atoms with E-state index in [0.717, 1.165) is 0 Å². The number of alkyl halides is 3. The molecule has 0 bridgehead atoms. The molecule has 1 saturated carbocycles. The van der Waals surface area contributed by atoms with Crippen molar-refractivity contribution in [1.82, 2.24) is 0 Å². The predicted octanol–water partition coefficient (Wildman–Crippen LogP) is 3.73. The lowest BCUT2D eigenvalue weighted by Crippen LogP contribution is -2.26. The summed E-state index contributed by atoms with van der Waals surface area (Å²) in [5, 5.41) is 0. The Labute approximate surface area is 95.6 Å². The largest absolute Gasteiger partial charge is 0.389 e. The van der Waals surface area contributed by atoms with Crippen LogP contribution in [0.4, 0.5) is 13.2 Å². The summed E-state index contributed by atoms with van der Waals surface area (Å²) >= 11 is 0. The minimum Gasteiger partial charge on any atom is -0.327 e. The molecule has 2 N–H and O–H groups in total. The van der Waals surface area contributed by atoms with Crippen molar-refractivity contribution >= 4 is 0 Å². The summed E-state index contributed by atoms with van der Waals surface area (Å²) < 4.78 is 36.0. The van der Waals surface area contributed by atoms with Crippen LogP contribution in [0.3, 0.4) is 0 Å². The molecule has 0 saturated heterocycles. The molecule has 1 aliphatic carbocycles. The van der Waals surface area contributed by atoms with Crippen LogP contribution in [-0.4, -0.2) is 12.2 Å². The lowest BCUT2D eigenvalue weighted by Gasteiger charge is -2.14. The summed E-state index contributed by atoms with van der Waals surface area (Å²) in [5.74, 6) is 0.341. The van der Waals surface area contributed by atoms with Gasteiger partial charge in [-0.1, -0.05) is 27.7 Å². The van der Waals surface area contributed by atoms with E-state index in [-0.39, 0.29) is 23.3 Å².